The summed E-state index contributed by atoms with van der Waals surface area (Å²) in [6.07, 6.45) is 5.65. The molecular formula is C22H25N5O2. The van der Waals surface area contributed by atoms with Crippen LogP contribution in [-0.2, 0) is 16.0 Å². The number of pyridine rings is 1. The summed E-state index contributed by atoms with van der Waals surface area (Å²) in [5.41, 5.74) is 3.93. The van der Waals surface area contributed by atoms with Crippen molar-refractivity contribution in [3.05, 3.63) is 53.9 Å². The van der Waals surface area contributed by atoms with E-state index in [9.17, 15) is 0 Å². The monoisotopic (exact) mass is 391 g/mol. The first-order valence-corrected chi connectivity index (χ1v) is 10.3. The number of hydrogen-bond acceptors (Lipinski definition) is 6. The third kappa shape index (κ3) is 3.46. The third-order valence-corrected chi connectivity index (χ3v) is 5.59. The molecule has 0 aliphatic carbocycles. The molecule has 1 fully saturated rings. The summed E-state index contributed by atoms with van der Waals surface area (Å²) in [4.78, 5) is 9.40. The lowest BCUT2D eigenvalue weighted by molar-refractivity contribution is 0.0905. The number of fused-ring (bicyclic) bond motifs is 1. The molecule has 0 saturated carbocycles. The van der Waals surface area contributed by atoms with Gasteiger partial charge in [0.15, 0.2) is 5.65 Å². The fraction of sp³-hybridized carbons (Fsp3) is 0.409. The minimum Gasteiger partial charge on any atom is -0.467 e. The topological polar surface area (TPSA) is 73.6 Å². The van der Waals surface area contributed by atoms with Crippen LogP contribution in [0.15, 0.2) is 47.7 Å². The largest absolute Gasteiger partial charge is 0.467 e. The Morgan fingerprint density at radius 2 is 1.97 bits per heavy atom. The van der Waals surface area contributed by atoms with Crippen LogP contribution in [0.4, 0.5) is 5.69 Å². The summed E-state index contributed by atoms with van der Waals surface area (Å²) < 4.78 is 13.7. The molecule has 29 heavy (non-hydrogen) atoms. The maximum Gasteiger partial charge on any atom is 0.220 e. The molecule has 0 unspecified atom stereocenters. The molecule has 2 aromatic heterocycles. The van der Waals surface area contributed by atoms with Gasteiger partial charge in [-0.3, -0.25) is 0 Å². The van der Waals surface area contributed by atoms with Crippen molar-refractivity contribution in [3.8, 4) is 0 Å². The van der Waals surface area contributed by atoms with E-state index in [4.69, 9.17) is 14.5 Å². The molecule has 7 heteroatoms. The van der Waals surface area contributed by atoms with E-state index in [-0.39, 0.29) is 6.10 Å². The van der Waals surface area contributed by atoms with Crippen molar-refractivity contribution in [3.63, 3.8) is 0 Å². The standard InChI is InChI=1S/C22H25N5O2/c1-2-27-21-17(13-25-27)20(26-16-8-10-28-11-9-16)18(12-23-21)22-24-14-19(29-22)15-6-4-3-5-7-15/h3-7,12-13,16,19H,2,8-11,14H2,1H3,(H,23,26)/t19-/m0/s1. The molecule has 1 N–H and O–H groups in total. The Labute approximate surface area is 169 Å². The molecule has 2 aliphatic rings. The van der Waals surface area contributed by atoms with Crippen LogP contribution in [0.5, 0.6) is 0 Å². The SMILES string of the molecule is CCn1ncc2c(NC3CCOCC3)c(C3=NC[C@@H](c4ccccc4)O3)cnc21. The van der Waals surface area contributed by atoms with Gasteiger partial charge in [0.2, 0.25) is 5.90 Å². The van der Waals surface area contributed by atoms with Gasteiger partial charge in [0.25, 0.3) is 0 Å². The van der Waals surface area contributed by atoms with Gasteiger partial charge in [-0.05, 0) is 25.3 Å². The highest BCUT2D eigenvalue weighted by Gasteiger charge is 2.27. The zero-order chi connectivity index (χ0) is 19.6. The zero-order valence-electron chi connectivity index (χ0n) is 16.5. The van der Waals surface area contributed by atoms with Gasteiger partial charge in [-0.2, -0.15) is 5.10 Å². The Morgan fingerprint density at radius 1 is 1.14 bits per heavy atom. The zero-order valence-corrected chi connectivity index (χ0v) is 16.5. The van der Waals surface area contributed by atoms with Gasteiger partial charge in [0, 0.05) is 32.0 Å². The van der Waals surface area contributed by atoms with Gasteiger partial charge in [0.1, 0.15) is 6.10 Å². The molecule has 5 rings (SSSR count). The van der Waals surface area contributed by atoms with Crippen LogP contribution < -0.4 is 5.32 Å². The van der Waals surface area contributed by atoms with Crippen molar-refractivity contribution in [1.82, 2.24) is 14.8 Å². The average Bonchev–Trinajstić information content (AvgIpc) is 3.43. The summed E-state index contributed by atoms with van der Waals surface area (Å²) in [6, 6.07) is 10.6. The second kappa shape index (κ2) is 7.83. The van der Waals surface area contributed by atoms with E-state index in [1.165, 1.54) is 0 Å². The van der Waals surface area contributed by atoms with E-state index in [2.05, 4.69) is 34.5 Å². The number of aryl methyl sites for hydroxylation is 1. The number of nitrogens with zero attached hydrogens (tertiary/aromatic N) is 4. The first kappa shape index (κ1) is 18.1. The number of ether oxygens (including phenoxy) is 2. The van der Waals surface area contributed by atoms with Crippen LogP contribution in [0.1, 0.15) is 37.0 Å². The number of hydrogen-bond donors (Lipinski definition) is 1. The van der Waals surface area contributed by atoms with Gasteiger partial charge in [-0.1, -0.05) is 30.3 Å². The Balaban J connectivity index is 1.50. The molecule has 3 aromatic rings. The molecule has 0 radical (unpaired) electrons. The number of aromatic nitrogens is 3. The van der Waals surface area contributed by atoms with Crippen molar-refractivity contribution in [2.45, 2.75) is 38.5 Å². The van der Waals surface area contributed by atoms with E-state index in [0.717, 1.165) is 60.4 Å². The molecule has 2 aliphatic heterocycles. The lowest BCUT2D eigenvalue weighted by atomic mass is 10.1. The van der Waals surface area contributed by atoms with Crippen molar-refractivity contribution < 1.29 is 9.47 Å². The predicted molar refractivity (Wildman–Crippen MR) is 112 cm³/mol. The highest BCUT2D eigenvalue weighted by atomic mass is 16.5. The highest BCUT2D eigenvalue weighted by Crippen LogP contribution is 2.32. The fourth-order valence-corrected chi connectivity index (χ4v) is 3.99. The number of rotatable bonds is 5. The average molecular weight is 391 g/mol. The lowest BCUT2D eigenvalue weighted by Gasteiger charge is -2.25. The number of nitrogens with one attached hydrogen (secondary N) is 1. The third-order valence-electron chi connectivity index (χ3n) is 5.59. The van der Waals surface area contributed by atoms with Crippen LogP contribution in [0.3, 0.4) is 0 Å². The van der Waals surface area contributed by atoms with E-state index in [1.807, 2.05) is 35.3 Å². The maximum absolute atomic E-state index is 6.26. The van der Waals surface area contributed by atoms with Crippen molar-refractivity contribution in [2.75, 3.05) is 25.1 Å². The second-order valence-corrected chi connectivity index (χ2v) is 7.44. The van der Waals surface area contributed by atoms with Crippen LogP contribution in [0.2, 0.25) is 0 Å². The first-order chi connectivity index (χ1) is 14.3. The van der Waals surface area contributed by atoms with Gasteiger partial charge >= 0.3 is 0 Å². The molecule has 0 spiro atoms. The van der Waals surface area contributed by atoms with Crippen LogP contribution in [-0.4, -0.2) is 46.5 Å². The predicted octanol–water partition coefficient (Wildman–Crippen LogP) is 3.56. The van der Waals surface area contributed by atoms with Crippen LogP contribution in [0.25, 0.3) is 11.0 Å². The molecule has 0 bridgehead atoms. The number of anilines is 1. The van der Waals surface area contributed by atoms with Crippen LogP contribution >= 0.6 is 0 Å². The molecule has 4 heterocycles. The normalized spacial score (nSPS) is 19.9. The Hall–Kier alpha value is -2.93. The summed E-state index contributed by atoms with van der Waals surface area (Å²) in [5.74, 6) is 0.645. The Kier molecular flexibility index (Phi) is 4.89. The summed E-state index contributed by atoms with van der Waals surface area (Å²) in [6.45, 7) is 5.02. The quantitative estimate of drug-likeness (QED) is 0.720. The molecule has 1 atom stereocenters. The van der Waals surface area contributed by atoms with Gasteiger partial charge in [0.05, 0.1) is 29.4 Å². The second-order valence-electron chi connectivity index (χ2n) is 7.44. The van der Waals surface area contributed by atoms with E-state index in [1.54, 1.807) is 0 Å². The van der Waals surface area contributed by atoms with E-state index >= 15 is 0 Å². The molecule has 0 amide bonds. The number of aliphatic imine (C=N–C) groups is 1. The molecular weight excluding hydrogens is 366 g/mol. The molecule has 150 valence electrons. The maximum atomic E-state index is 6.26. The van der Waals surface area contributed by atoms with Crippen LogP contribution in [0, 0.1) is 0 Å². The van der Waals surface area contributed by atoms with Crippen molar-refractivity contribution in [1.29, 1.82) is 0 Å². The Bertz CT molecular complexity index is 1020. The molecule has 7 nitrogen and oxygen atoms in total. The minimum atomic E-state index is -0.0591. The van der Waals surface area contributed by atoms with E-state index in [0.29, 0.717) is 18.5 Å². The van der Waals surface area contributed by atoms with Crippen molar-refractivity contribution >= 4 is 22.6 Å². The molecule has 1 saturated heterocycles. The lowest BCUT2D eigenvalue weighted by Crippen LogP contribution is -2.28. The van der Waals surface area contributed by atoms with Gasteiger partial charge in [-0.15, -0.1) is 0 Å². The van der Waals surface area contributed by atoms with E-state index < -0.39 is 0 Å². The highest BCUT2D eigenvalue weighted by molar-refractivity contribution is 6.07. The summed E-state index contributed by atoms with van der Waals surface area (Å²) in [7, 11) is 0. The fourth-order valence-electron chi connectivity index (χ4n) is 3.99. The van der Waals surface area contributed by atoms with Gasteiger partial charge < -0.3 is 14.8 Å². The minimum absolute atomic E-state index is 0.0591. The Morgan fingerprint density at radius 3 is 2.76 bits per heavy atom. The number of benzene rings is 1. The van der Waals surface area contributed by atoms with Gasteiger partial charge in [-0.25, -0.2) is 14.7 Å². The smallest absolute Gasteiger partial charge is 0.220 e. The van der Waals surface area contributed by atoms with Crippen molar-refractivity contribution in [2.24, 2.45) is 4.99 Å². The summed E-state index contributed by atoms with van der Waals surface area (Å²) in [5, 5.41) is 9.24. The molecule has 1 aromatic carbocycles. The summed E-state index contributed by atoms with van der Waals surface area (Å²) >= 11 is 0. The first-order valence-electron chi connectivity index (χ1n) is 10.3.